The lowest BCUT2D eigenvalue weighted by molar-refractivity contribution is 0.0695. The lowest BCUT2D eigenvalue weighted by atomic mass is 10.1. The number of carboxylic acids is 1. The Morgan fingerprint density at radius 2 is 2.03 bits per heavy atom. The zero-order chi connectivity index (χ0) is 27.0. The number of nitrogens with zero attached hydrogens (tertiary/aromatic N) is 4. The van der Waals surface area contributed by atoms with Crippen LogP contribution in [0.3, 0.4) is 0 Å². The van der Waals surface area contributed by atoms with Crippen molar-refractivity contribution < 1.29 is 19.4 Å². The van der Waals surface area contributed by atoms with E-state index in [1.54, 1.807) is 34.9 Å². The summed E-state index contributed by atoms with van der Waals surface area (Å²) >= 11 is 13.0. The summed E-state index contributed by atoms with van der Waals surface area (Å²) in [7, 11) is 1.51. The first-order valence-electron chi connectivity index (χ1n) is 11.7. The van der Waals surface area contributed by atoms with Crippen LogP contribution < -0.4 is 25.5 Å². The third-order valence-corrected chi connectivity index (χ3v) is 7.03. The van der Waals surface area contributed by atoms with Crippen molar-refractivity contribution in [3.05, 3.63) is 74.6 Å². The number of methoxy groups -OCH3 is 1. The van der Waals surface area contributed by atoms with Crippen molar-refractivity contribution in [3.63, 3.8) is 0 Å². The Morgan fingerprint density at radius 1 is 1.21 bits per heavy atom. The van der Waals surface area contributed by atoms with Crippen LogP contribution in [0.2, 0.25) is 10.0 Å². The average Bonchev–Trinajstić information content (AvgIpc) is 3.36. The Balaban J connectivity index is 1.57. The number of ether oxygens (including phenoxy) is 2. The van der Waals surface area contributed by atoms with Gasteiger partial charge in [-0.25, -0.2) is 9.78 Å². The standard InChI is InChI=1S/C26H23Cl2N5O5/c1-37-23-5-4-18(27)25(31-23)38-13-15-3-2-8-32(15)21-11-20-16(10-19(21)28)24(34)17(26(35)36)12-33(20)14-6-7-30-22(29)9-14/h4-7,9-12,15H,2-3,8,13H2,1H3,(H2,29,30)(H,35,36). The fraction of sp³-hybridized carbons (Fsp3) is 0.231. The second-order valence-electron chi connectivity index (χ2n) is 8.75. The van der Waals surface area contributed by atoms with Gasteiger partial charge in [0.25, 0.3) is 0 Å². The molecule has 38 heavy (non-hydrogen) atoms. The van der Waals surface area contributed by atoms with Crippen LogP contribution in [-0.2, 0) is 0 Å². The molecule has 4 heterocycles. The van der Waals surface area contributed by atoms with Crippen LogP contribution in [-0.4, -0.2) is 51.9 Å². The molecule has 3 aromatic heterocycles. The molecule has 1 unspecified atom stereocenters. The first kappa shape index (κ1) is 25.6. The van der Waals surface area contributed by atoms with Crippen LogP contribution in [0.25, 0.3) is 16.6 Å². The van der Waals surface area contributed by atoms with Crippen molar-refractivity contribution in [1.29, 1.82) is 0 Å². The van der Waals surface area contributed by atoms with Crippen molar-refractivity contribution in [2.24, 2.45) is 0 Å². The van der Waals surface area contributed by atoms with E-state index in [0.29, 0.717) is 46.0 Å². The highest BCUT2D eigenvalue weighted by Crippen LogP contribution is 2.36. The number of fused-ring (bicyclic) bond motifs is 1. The maximum atomic E-state index is 13.1. The minimum absolute atomic E-state index is 0.0518. The maximum absolute atomic E-state index is 13.1. The van der Waals surface area contributed by atoms with Gasteiger partial charge in [-0.3, -0.25) is 4.79 Å². The Labute approximate surface area is 227 Å². The first-order chi connectivity index (χ1) is 18.3. The predicted octanol–water partition coefficient (Wildman–Crippen LogP) is 4.42. The van der Waals surface area contributed by atoms with Gasteiger partial charge in [-0.05, 0) is 37.1 Å². The minimum Gasteiger partial charge on any atom is -0.481 e. The lowest BCUT2D eigenvalue weighted by Crippen LogP contribution is -2.34. The van der Waals surface area contributed by atoms with E-state index in [0.717, 1.165) is 12.8 Å². The van der Waals surface area contributed by atoms with Crippen molar-refractivity contribution in [2.45, 2.75) is 18.9 Å². The summed E-state index contributed by atoms with van der Waals surface area (Å²) < 4.78 is 12.7. The van der Waals surface area contributed by atoms with Crippen LogP contribution >= 0.6 is 23.2 Å². The van der Waals surface area contributed by atoms with E-state index in [9.17, 15) is 14.7 Å². The molecule has 1 aliphatic heterocycles. The number of halogens is 2. The summed E-state index contributed by atoms with van der Waals surface area (Å²) in [5, 5.41) is 10.5. The molecule has 4 aromatic rings. The van der Waals surface area contributed by atoms with Crippen molar-refractivity contribution in [1.82, 2.24) is 14.5 Å². The Morgan fingerprint density at radius 3 is 2.76 bits per heavy atom. The highest BCUT2D eigenvalue weighted by Gasteiger charge is 2.29. The van der Waals surface area contributed by atoms with E-state index in [4.69, 9.17) is 38.4 Å². The van der Waals surface area contributed by atoms with Gasteiger partial charge in [-0.15, -0.1) is 0 Å². The fourth-order valence-corrected chi connectivity index (χ4v) is 5.06. The molecule has 12 heteroatoms. The van der Waals surface area contributed by atoms with Crippen LogP contribution in [0.1, 0.15) is 23.2 Å². The van der Waals surface area contributed by atoms with E-state index in [2.05, 4.69) is 14.9 Å². The molecule has 5 rings (SSSR count). The van der Waals surface area contributed by atoms with E-state index in [1.165, 1.54) is 25.6 Å². The molecular weight excluding hydrogens is 533 g/mol. The minimum atomic E-state index is -1.34. The topological polar surface area (TPSA) is 133 Å². The molecule has 0 aliphatic carbocycles. The van der Waals surface area contributed by atoms with Crippen molar-refractivity contribution >= 4 is 51.6 Å². The number of aromatic carboxylic acids is 1. The number of nitrogens with two attached hydrogens (primary N) is 1. The zero-order valence-corrected chi connectivity index (χ0v) is 21.7. The molecule has 0 bridgehead atoms. The monoisotopic (exact) mass is 555 g/mol. The highest BCUT2D eigenvalue weighted by molar-refractivity contribution is 6.34. The Hall–Kier alpha value is -4.02. The van der Waals surface area contributed by atoms with E-state index in [1.807, 2.05) is 0 Å². The maximum Gasteiger partial charge on any atom is 0.341 e. The van der Waals surface area contributed by atoms with E-state index >= 15 is 0 Å². The molecule has 1 saturated heterocycles. The summed E-state index contributed by atoms with van der Waals surface area (Å²) in [5.74, 6) is -0.426. The van der Waals surface area contributed by atoms with Gasteiger partial charge in [0, 0.05) is 36.5 Å². The third kappa shape index (κ3) is 4.80. The molecule has 0 spiro atoms. The second-order valence-corrected chi connectivity index (χ2v) is 9.56. The van der Waals surface area contributed by atoms with Crippen LogP contribution in [0.5, 0.6) is 11.8 Å². The number of nitrogen functional groups attached to an aromatic ring is 1. The summed E-state index contributed by atoms with van der Waals surface area (Å²) in [4.78, 5) is 35.3. The molecule has 0 amide bonds. The number of carboxylic acid groups (broad SMARTS) is 1. The van der Waals surface area contributed by atoms with Gasteiger partial charge in [-0.1, -0.05) is 23.2 Å². The first-order valence-corrected chi connectivity index (χ1v) is 12.5. The van der Waals surface area contributed by atoms with Gasteiger partial charge in [0.05, 0.1) is 35.1 Å². The number of aromatic nitrogens is 3. The quantitative estimate of drug-likeness (QED) is 0.339. The number of rotatable bonds is 7. The number of anilines is 2. The third-order valence-electron chi connectivity index (χ3n) is 6.44. The van der Waals surface area contributed by atoms with Gasteiger partial charge < -0.3 is 29.8 Å². The van der Waals surface area contributed by atoms with E-state index < -0.39 is 11.4 Å². The molecule has 1 aliphatic rings. The van der Waals surface area contributed by atoms with Gasteiger partial charge in [0.1, 0.15) is 23.0 Å². The number of hydrogen-bond donors (Lipinski definition) is 2. The summed E-state index contributed by atoms with van der Waals surface area (Å²) in [5.41, 5.74) is 6.60. The smallest absolute Gasteiger partial charge is 0.341 e. The molecule has 1 atom stereocenters. The molecule has 3 N–H and O–H groups in total. The van der Waals surface area contributed by atoms with Gasteiger partial charge in [0.2, 0.25) is 17.2 Å². The van der Waals surface area contributed by atoms with Crippen molar-refractivity contribution in [2.75, 3.05) is 30.9 Å². The molecule has 10 nitrogen and oxygen atoms in total. The highest BCUT2D eigenvalue weighted by atomic mass is 35.5. The van der Waals surface area contributed by atoms with Crippen molar-refractivity contribution in [3.8, 4) is 17.4 Å². The predicted molar refractivity (Wildman–Crippen MR) is 145 cm³/mol. The number of pyridine rings is 3. The molecule has 0 saturated carbocycles. The molecule has 0 radical (unpaired) electrons. The Bertz CT molecular complexity index is 1610. The average molecular weight is 556 g/mol. The summed E-state index contributed by atoms with van der Waals surface area (Å²) in [6.07, 6.45) is 4.53. The Kier molecular flexibility index (Phi) is 7.00. The van der Waals surface area contributed by atoms with Crippen LogP contribution in [0.4, 0.5) is 11.5 Å². The van der Waals surface area contributed by atoms with Gasteiger partial charge in [0.15, 0.2) is 0 Å². The summed E-state index contributed by atoms with van der Waals surface area (Å²) in [6.45, 7) is 0.998. The largest absolute Gasteiger partial charge is 0.481 e. The zero-order valence-electron chi connectivity index (χ0n) is 20.2. The molecular formula is C26H23Cl2N5O5. The second kappa shape index (κ2) is 10.4. The van der Waals surface area contributed by atoms with Crippen LogP contribution in [0, 0.1) is 0 Å². The molecule has 1 fully saturated rings. The van der Waals surface area contributed by atoms with Crippen LogP contribution in [0.15, 0.2) is 53.6 Å². The fourth-order valence-electron chi connectivity index (χ4n) is 4.63. The SMILES string of the molecule is COc1ccc(Cl)c(OCC2CCCN2c2cc3c(cc2Cl)c(=O)c(C(=O)O)cn3-c2ccnc(N)c2)n1. The molecule has 1 aromatic carbocycles. The lowest BCUT2D eigenvalue weighted by Gasteiger charge is -2.28. The van der Waals surface area contributed by atoms with Gasteiger partial charge >= 0.3 is 5.97 Å². The van der Waals surface area contributed by atoms with E-state index in [-0.39, 0.29) is 28.7 Å². The number of benzene rings is 1. The number of carbonyl (C=O) groups is 1. The number of hydrogen-bond acceptors (Lipinski definition) is 8. The van der Waals surface area contributed by atoms with Gasteiger partial charge in [-0.2, -0.15) is 4.98 Å². The molecule has 196 valence electrons. The normalized spacial score (nSPS) is 15.1. The summed E-state index contributed by atoms with van der Waals surface area (Å²) in [6, 6.07) is 9.83.